The predicted octanol–water partition coefficient (Wildman–Crippen LogP) is -2.67. The number of methoxy groups -OCH3 is 1. The fourth-order valence-corrected chi connectivity index (χ4v) is 1.67. The molecule has 2 N–H and O–H groups in total. The first-order valence-corrected chi connectivity index (χ1v) is 5.36. The first-order valence-electron chi connectivity index (χ1n) is 3.78. The summed E-state index contributed by atoms with van der Waals surface area (Å²) in [6, 6.07) is 4.49. The monoisotopic (exact) mass is 239 g/mol. The second-order valence-corrected chi connectivity index (χ2v) is 4.17. The summed E-state index contributed by atoms with van der Waals surface area (Å²) < 4.78 is 36.3. The van der Waals surface area contributed by atoms with E-state index in [-0.39, 0.29) is 35.2 Å². The second-order valence-electron chi connectivity index (χ2n) is 2.77. The molecule has 0 aromatic heterocycles. The number of ether oxygens (including phenoxy) is 1. The third-order valence-corrected chi connectivity index (χ3v) is 2.35. The van der Waals surface area contributed by atoms with Crippen LogP contribution in [0.5, 0.6) is 5.75 Å². The van der Waals surface area contributed by atoms with Gasteiger partial charge in [-0.2, -0.15) is 0 Å². The minimum atomic E-state index is -4.29. The van der Waals surface area contributed by atoms with E-state index in [9.17, 15) is 13.0 Å². The average Bonchev–Trinajstić information content (AvgIpc) is 2.06. The van der Waals surface area contributed by atoms with Crippen molar-refractivity contribution in [2.24, 2.45) is 0 Å². The topological polar surface area (TPSA) is 92.5 Å². The summed E-state index contributed by atoms with van der Waals surface area (Å²) in [6.07, 6.45) is 0. The average molecular weight is 239 g/mol. The molecule has 0 unspecified atom stereocenters. The van der Waals surface area contributed by atoms with Crippen molar-refractivity contribution in [2.45, 2.75) is 5.75 Å². The Labute approximate surface area is 111 Å². The van der Waals surface area contributed by atoms with Crippen molar-refractivity contribution in [3.05, 3.63) is 23.8 Å². The second kappa shape index (κ2) is 5.72. The maximum Gasteiger partial charge on any atom is 1.00 e. The first-order chi connectivity index (χ1) is 6.42. The summed E-state index contributed by atoms with van der Waals surface area (Å²) in [6.45, 7) is 0. The van der Waals surface area contributed by atoms with Crippen LogP contribution in [-0.2, 0) is 15.9 Å². The van der Waals surface area contributed by atoms with Gasteiger partial charge < -0.3 is 15.0 Å². The van der Waals surface area contributed by atoms with E-state index < -0.39 is 15.9 Å². The van der Waals surface area contributed by atoms with E-state index in [0.717, 1.165) is 0 Å². The number of benzene rings is 1. The third kappa shape index (κ3) is 4.85. The van der Waals surface area contributed by atoms with Gasteiger partial charge in [-0.1, -0.05) is 6.07 Å². The number of hydrogen-bond donors (Lipinski definition) is 1. The maximum absolute atomic E-state index is 10.5. The zero-order chi connectivity index (χ0) is 10.8. The van der Waals surface area contributed by atoms with Gasteiger partial charge >= 0.3 is 29.6 Å². The van der Waals surface area contributed by atoms with Crippen molar-refractivity contribution >= 4 is 15.8 Å². The predicted molar refractivity (Wildman–Crippen MR) is 50.8 cm³/mol. The van der Waals surface area contributed by atoms with E-state index >= 15 is 0 Å². The molecule has 0 aliphatic carbocycles. The molecule has 0 bridgehead atoms. The quantitative estimate of drug-likeness (QED) is 0.353. The Balaban J connectivity index is 0.00000196. The van der Waals surface area contributed by atoms with Crippen LogP contribution in [-0.4, -0.2) is 20.1 Å². The van der Waals surface area contributed by atoms with Crippen LogP contribution in [0.25, 0.3) is 0 Å². The molecule has 0 saturated carbocycles. The van der Waals surface area contributed by atoms with Gasteiger partial charge in [-0.15, -0.1) is 0 Å². The maximum atomic E-state index is 10.5. The van der Waals surface area contributed by atoms with Crippen molar-refractivity contribution in [1.82, 2.24) is 0 Å². The van der Waals surface area contributed by atoms with Crippen LogP contribution in [0.15, 0.2) is 18.2 Å². The molecular formula is C8H10NNaO4S. The standard InChI is InChI=1S/C8H11NO4S.Na/c1-13-7-3-2-6(8(9)4-7)5-14(10,11)12;/h2-4H,5,9H2,1H3,(H,10,11,12);/q;+1/p-1. The molecule has 0 fully saturated rings. The van der Waals surface area contributed by atoms with Gasteiger partial charge in [-0.05, 0) is 11.6 Å². The van der Waals surface area contributed by atoms with Gasteiger partial charge in [0.25, 0.3) is 0 Å². The van der Waals surface area contributed by atoms with E-state index in [1.165, 1.54) is 19.2 Å². The molecule has 1 aromatic carbocycles. The van der Waals surface area contributed by atoms with Crippen LogP contribution in [0.2, 0.25) is 0 Å². The van der Waals surface area contributed by atoms with E-state index in [1.807, 2.05) is 0 Å². The van der Waals surface area contributed by atoms with Gasteiger partial charge in [0.2, 0.25) is 0 Å². The van der Waals surface area contributed by atoms with Gasteiger partial charge in [-0.3, -0.25) is 0 Å². The Hall–Kier alpha value is -0.270. The first kappa shape index (κ1) is 14.7. The summed E-state index contributed by atoms with van der Waals surface area (Å²) >= 11 is 0. The zero-order valence-electron chi connectivity index (χ0n) is 8.56. The van der Waals surface area contributed by atoms with Crippen molar-refractivity contribution in [3.8, 4) is 5.75 Å². The van der Waals surface area contributed by atoms with Crippen LogP contribution in [0, 0.1) is 0 Å². The molecule has 1 rings (SSSR count). The fraction of sp³-hybridized carbons (Fsp3) is 0.250. The van der Waals surface area contributed by atoms with Crippen LogP contribution in [0.4, 0.5) is 5.69 Å². The Bertz CT molecular complexity index is 432. The van der Waals surface area contributed by atoms with E-state index in [1.54, 1.807) is 6.07 Å². The molecule has 0 amide bonds. The summed E-state index contributed by atoms with van der Waals surface area (Å²) in [5, 5.41) is 0. The van der Waals surface area contributed by atoms with Gasteiger partial charge in [-0.25, -0.2) is 8.42 Å². The molecule has 15 heavy (non-hydrogen) atoms. The van der Waals surface area contributed by atoms with Crippen molar-refractivity contribution in [2.75, 3.05) is 12.8 Å². The summed E-state index contributed by atoms with van der Waals surface area (Å²) in [4.78, 5) is 0. The van der Waals surface area contributed by atoms with Crippen molar-refractivity contribution < 1.29 is 47.3 Å². The molecule has 0 heterocycles. The van der Waals surface area contributed by atoms with Crippen molar-refractivity contribution in [3.63, 3.8) is 0 Å². The Morgan fingerprint density at radius 1 is 1.47 bits per heavy atom. The van der Waals surface area contributed by atoms with Crippen LogP contribution >= 0.6 is 0 Å². The number of nitrogens with two attached hydrogens (primary N) is 1. The summed E-state index contributed by atoms with van der Waals surface area (Å²) in [5.41, 5.74) is 6.05. The number of nitrogen functional groups attached to an aromatic ring is 1. The molecule has 7 heteroatoms. The molecule has 0 aliphatic heterocycles. The Morgan fingerprint density at radius 2 is 2.07 bits per heavy atom. The SMILES string of the molecule is COc1ccc(CS(=O)(=O)[O-])c(N)c1.[Na+]. The molecule has 5 nitrogen and oxygen atoms in total. The largest absolute Gasteiger partial charge is 1.00 e. The molecule has 0 aliphatic rings. The van der Waals surface area contributed by atoms with Crippen LogP contribution < -0.4 is 40.0 Å². The molecule has 78 valence electrons. The number of anilines is 1. The zero-order valence-corrected chi connectivity index (χ0v) is 11.4. The van der Waals surface area contributed by atoms with Gasteiger partial charge in [0.05, 0.1) is 23.0 Å². The van der Waals surface area contributed by atoms with Gasteiger partial charge in [0.1, 0.15) is 5.75 Å². The van der Waals surface area contributed by atoms with E-state index in [0.29, 0.717) is 11.3 Å². The molecule has 0 spiro atoms. The smallest absolute Gasteiger partial charge is 0.748 e. The van der Waals surface area contributed by atoms with Crippen molar-refractivity contribution in [1.29, 1.82) is 0 Å². The normalized spacial score (nSPS) is 10.5. The molecular weight excluding hydrogens is 229 g/mol. The third-order valence-electron chi connectivity index (χ3n) is 1.69. The fourth-order valence-electron chi connectivity index (χ4n) is 1.02. The molecule has 1 aromatic rings. The summed E-state index contributed by atoms with van der Waals surface area (Å²) in [7, 11) is -2.82. The van der Waals surface area contributed by atoms with E-state index in [4.69, 9.17) is 10.5 Å². The van der Waals surface area contributed by atoms with Crippen LogP contribution in [0.1, 0.15) is 5.56 Å². The molecule has 0 saturated heterocycles. The minimum Gasteiger partial charge on any atom is -0.748 e. The van der Waals surface area contributed by atoms with Gasteiger partial charge in [0, 0.05) is 11.8 Å². The van der Waals surface area contributed by atoms with Gasteiger partial charge in [0.15, 0.2) is 0 Å². The number of hydrogen-bond acceptors (Lipinski definition) is 5. The Kier molecular flexibility index (Phi) is 5.61. The number of rotatable bonds is 3. The molecule has 0 radical (unpaired) electrons. The minimum absolute atomic E-state index is 0. The molecule has 0 atom stereocenters. The summed E-state index contributed by atoms with van der Waals surface area (Å²) in [5.74, 6) is -0.0717. The Morgan fingerprint density at radius 3 is 2.47 bits per heavy atom. The van der Waals surface area contributed by atoms with Crippen LogP contribution in [0.3, 0.4) is 0 Å². The van der Waals surface area contributed by atoms with E-state index in [2.05, 4.69) is 0 Å².